The number of hydrogen-bond donors (Lipinski definition) is 0. The van der Waals surface area contributed by atoms with E-state index in [1.807, 2.05) is 34.9 Å². The highest BCUT2D eigenvalue weighted by molar-refractivity contribution is 7.99. The first-order valence-corrected chi connectivity index (χ1v) is 7.43. The molecule has 1 amide bonds. The molecule has 0 saturated carbocycles. The molecule has 1 aliphatic rings. The van der Waals surface area contributed by atoms with E-state index in [1.54, 1.807) is 0 Å². The Morgan fingerprint density at radius 2 is 2.18 bits per heavy atom. The van der Waals surface area contributed by atoms with Gasteiger partial charge in [-0.1, -0.05) is 12.1 Å². The molecule has 1 aromatic rings. The summed E-state index contributed by atoms with van der Waals surface area (Å²) in [5, 5.41) is 0. The Bertz CT molecular complexity index is 397. The van der Waals surface area contributed by atoms with Gasteiger partial charge in [-0.25, -0.2) is 0 Å². The van der Waals surface area contributed by atoms with Crippen LogP contribution in [-0.4, -0.2) is 24.1 Å². The van der Waals surface area contributed by atoms with Crippen molar-refractivity contribution in [3.8, 4) is 0 Å². The summed E-state index contributed by atoms with van der Waals surface area (Å²) in [5.41, 5.74) is 1.07. The largest absolute Gasteiger partial charge is 0.310 e. The Morgan fingerprint density at radius 3 is 3.00 bits per heavy atom. The number of hydrogen-bond acceptors (Lipinski definition) is 2. The van der Waals surface area contributed by atoms with Crippen molar-refractivity contribution < 1.29 is 4.79 Å². The summed E-state index contributed by atoms with van der Waals surface area (Å²) in [7, 11) is 0. The van der Waals surface area contributed by atoms with E-state index in [0.29, 0.717) is 12.3 Å². The number of rotatable bonds is 4. The normalized spacial score (nSPS) is 14.5. The fourth-order valence-electron chi connectivity index (χ4n) is 1.93. The maximum atomic E-state index is 12.1. The second-order valence-electron chi connectivity index (χ2n) is 4.01. The van der Waals surface area contributed by atoms with Crippen LogP contribution >= 0.6 is 23.4 Å². The van der Waals surface area contributed by atoms with Gasteiger partial charge in [0.2, 0.25) is 5.91 Å². The quantitative estimate of drug-likeness (QED) is 0.616. The molecule has 92 valence electrons. The van der Waals surface area contributed by atoms with Crippen LogP contribution in [0.5, 0.6) is 0 Å². The molecule has 0 fully saturated rings. The summed E-state index contributed by atoms with van der Waals surface area (Å²) in [6.45, 7) is 0.821. The van der Waals surface area contributed by atoms with Crippen LogP contribution in [0.1, 0.15) is 19.3 Å². The van der Waals surface area contributed by atoms with Crippen LogP contribution in [0.3, 0.4) is 0 Å². The number of nitrogens with zero attached hydrogens (tertiary/aromatic N) is 1. The highest BCUT2D eigenvalue weighted by atomic mass is 35.5. The summed E-state index contributed by atoms with van der Waals surface area (Å²) in [6, 6.07) is 8.12. The molecule has 17 heavy (non-hydrogen) atoms. The van der Waals surface area contributed by atoms with Crippen molar-refractivity contribution in [3.63, 3.8) is 0 Å². The van der Waals surface area contributed by atoms with E-state index in [1.165, 1.54) is 4.90 Å². The number of para-hydroxylation sites is 1. The van der Waals surface area contributed by atoms with E-state index >= 15 is 0 Å². The molecule has 0 atom stereocenters. The maximum absolute atomic E-state index is 12.1. The van der Waals surface area contributed by atoms with Gasteiger partial charge in [0, 0.05) is 29.5 Å². The van der Waals surface area contributed by atoms with Crippen LogP contribution in [0.15, 0.2) is 29.2 Å². The van der Waals surface area contributed by atoms with Crippen molar-refractivity contribution in [1.29, 1.82) is 0 Å². The van der Waals surface area contributed by atoms with E-state index in [0.717, 1.165) is 30.8 Å². The molecule has 2 rings (SSSR count). The summed E-state index contributed by atoms with van der Waals surface area (Å²) in [6.07, 6.45) is 2.40. The van der Waals surface area contributed by atoms with Crippen molar-refractivity contribution in [2.45, 2.75) is 24.2 Å². The zero-order chi connectivity index (χ0) is 12.1. The van der Waals surface area contributed by atoms with E-state index < -0.39 is 0 Å². The number of carbonyl (C=O) groups excluding carboxylic acids is 1. The van der Waals surface area contributed by atoms with Gasteiger partial charge in [-0.3, -0.25) is 4.79 Å². The second kappa shape index (κ2) is 6.31. The number of anilines is 1. The molecule has 0 unspecified atom stereocenters. The zero-order valence-electron chi connectivity index (χ0n) is 9.69. The zero-order valence-corrected chi connectivity index (χ0v) is 11.3. The Kier molecular flexibility index (Phi) is 4.75. The van der Waals surface area contributed by atoms with E-state index in [2.05, 4.69) is 6.07 Å². The number of unbranched alkanes of at least 4 members (excludes halogenated alkanes) is 1. The van der Waals surface area contributed by atoms with Gasteiger partial charge in [0.05, 0.1) is 5.69 Å². The molecule has 0 bridgehead atoms. The Balaban J connectivity index is 2.05. The van der Waals surface area contributed by atoms with Crippen molar-refractivity contribution in [1.82, 2.24) is 0 Å². The van der Waals surface area contributed by atoms with Crippen LogP contribution in [0.25, 0.3) is 0 Å². The SMILES string of the molecule is O=C(CCCCCl)N1CCSc2ccccc21. The lowest BCUT2D eigenvalue weighted by molar-refractivity contribution is -0.118. The molecule has 1 aromatic carbocycles. The first kappa shape index (κ1) is 12.8. The van der Waals surface area contributed by atoms with Gasteiger partial charge in [-0.15, -0.1) is 23.4 Å². The Morgan fingerprint density at radius 1 is 1.35 bits per heavy atom. The molecule has 0 spiro atoms. The number of halogens is 1. The molecule has 2 nitrogen and oxygen atoms in total. The smallest absolute Gasteiger partial charge is 0.227 e. The Labute approximate surface area is 111 Å². The number of carbonyl (C=O) groups is 1. The third kappa shape index (κ3) is 3.17. The molecule has 0 aromatic heterocycles. The average Bonchev–Trinajstić information content (AvgIpc) is 2.38. The van der Waals surface area contributed by atoms with Crippen LogP contribution < -0.4 is 4.90 Å². The molecular formula is C13H16ClNOS. The lowest BCUT2D eigenvalue weighted by Crippen LogP contribution is -2.35. The number of alkyl halides is 1. The molecule has 0 N–H and O–H groups in total. The van der Waals surface area contributed by atoms with Gasteiger partial charge >= 0.3 is 0 Å². The second-order valence-corrected chi connectivity index (χ2v) is 5.52. The van der Waals surface area contributed by atoms with Gasteiger partial charge in [-0.05, 0) is 25.0 Å². The van der Waals surface area contributed by atoms with Crippen LogP contribution in [0, 0.1) is 0 Å². The van der Waals surface area contributed by atoms with E-state index in [9.17, 15) is 4.79 Å². The van der Waals surface area contributed by atoms with Gasteiger partial charge in [0.1, 0.15) is 0 Å². The molecule has 0 saturated heterocycles. The molecular weight excluding hydrogens is 254 g/mol. The summed E-state index contributed by atoms with van der Waals surface area (Å²) >= 11 is 7.45. The lowest BCUT2D eigenvalue weighted by atomic mass is 10.2. The number of amides is 1. The fraction of sp³-hybridized carbons (Fsp3) is 0.462. The van der Waals surface area contributed by atoms with Gasteiger partial charge in [0.15, 0.2) is 0 Å². The van der Waals surface area contributed by atoms with E-state index in [4.69, 9.17) is 11.6 Å². The predicted octanol–water partition coefficient (Wildman–Crippen LogP) is 3.53. The van der Waals surface area contributed by atoms with Gasteiger partial charge in [0.25, 0.3) is 0 Å². The minimum absolute atomic E-state index is 0.225. The minimum atomic E-state index is 0.225. The third-order valence-corrected chi connectivity index (χ3v) is 4.11. The predicted molar refractivity (Wildman–Crippen MR) is 74.1 cm³/mol. The van der Waals surface area contributed by atoms with Gasteiger partial charge in [-0.2, -0.15) is 0 Å². The fourth-order valence-corrected chi connectivity index (χ4v) is 3.12. The molecule has 0 radical (unpaired) electrons. The summed E-state index contributed by atoms with van der Waals surface area (Å²) in [5.74, 6) is 1.85. The van der Waals surface area contributed by atoms with Crippen molar-refractivity contribution >= 4 is 35.0 Å². The summed E-state index contributed by atoms with van der Waals surface area (Å²) < 4.78 is 0. The molecule has 4 heteroatoms. The third-order valence-electron chi connectivity index (χ3n) is 2.80. The van der Waals surface area contributed by atoms with Crippen molar-refractivity contribution in [2.75, 3.05) is 23.1 Å². The number of benzene rings is 1. The topological polar surface area (TPSA) is 20.3 Å². The maximum Gasteiger partial charge on any atom is 0.227 e. The monoisotopic (exact) mass is 269 g/mol. The summed E-state index contributed by atoms with van der Waals surface area (Å²) in [4.78, 5) is 15.2. The lowest BCUT2D eigenvalue weighted by Gasteiger charge is -2.29. The van der Waals surface area contributed by atoms with Crippen molar-refractivity contribution in [2.24, 2.45) is 0 Å². The first-order valence-electron chi connectivity index (χ1n) is 5.91. The van der Waals surface area contributed by atoms with Crippen LogP contribution in [0.2, 0.25) is 0 Å². The Hall–Kier alpha value is -0.670. The molecule has 1 aliphatic heterocycles. The van der Waals surface area contributed by atoms with Crippen LogP contribution in [0.4, 0.5) is 5.69 Å². The van der Waals surface area contributed by atoms with Crippen molar-refractivity contribution in [3.05, 3.63) is 24.3 Å². The number of thioether (sulfide) groups is 1. The average molecular weight is 270 g/mol. The minimum Gasteiger partial charge on any atom is -0.310 e. The first-order chi connectivity index (χ1) is 8.33. The molecule has 1 heterocycles. The van der Waals surface area contributed by atoms with Crippen LogP contribution in [-0.2, 0) is 4.79 Å². The highest BCUT2D eigenvalue weighted by Crippen LogP contribution is 2.34. The molecule has 0 aliphatic carbocycles. The standard InChI is InChI=1S/C13H16ClNOS/c14-8-4-3-7-13(16)15-9-10-17-12-6-2-1-5-11(12)15/h1-2,5-6H,3-4,7-10H2. The van der Waals surface area contributed by atoms with E-state index in [-0.39, 0.29) is 5.91 Å². The highest BCUT2D eigenvalue weighted by Gasteiger charge is 2.21. The number of fused-ring (bicyclic) bond motifs is 1. The van der Waals surface area contributed by atoms with Gasteiger partial charge < -0.3 is 4.90 Å².